The molecule has 1 rings (SSSR count). The van der Waals surface area contributed by atoms with Crippen molar-refractivity contribution in [3.8, 4) is 11.8 Å². The van der Waals surface area contributed by atoms with Gasteiger partial charge in [0, 0.05) is 21.1 Å². The van der Waals surface area contributed by atoms with E-state index in [2.05, 4.69) is 58.8 Å². The molecule has 98 valence electrons. The zero-order valence-corrected chi connectivity index (χ0v) is 13.8. The fraction of sp³-hybridized carbons (Fsp3) is 0.467. The van der Waals surface area contributed by atoms with E-state index in [9.17, 15) is 0 Å². The van der Waals surface area contributed by atoms with Crippen LogP contribution in [0.4, 0.5) is 0 Å². The summed E-state index contributed by atoms with van der Waals surface area (Å²) >= 11 is 8.47. The van der Waals surface area contributed by atoms with E-state index in [0.717, 1.165) is 30.8 Å². The number of hydrogen-bond acceptors (Lipinski definition) is 1. The predicted molar refractivity (Wildman–Crippen MR) is 87.9 cm³/mol. The van der Waals surface area contributed by atoms with Gasteiger partial charge in [0.05, 0.1) is 0 Å². The molecule has 0 aliphatic carbocycles. The summed E-state index contributed by atoms with van der Waals surface area (Å²) in [5, 5.41) is 4.38. The number of benzene rings is 1. The van der Waals surface area contributed by atoms with Crippen LogP contribution >= 0.6 is 34.2 Å². The van der Waals surface area contributed by atoms with Gasteiger partial charge in [-0.2, -0.15) is 0 Å². The van der Waals surface area contributed by atoms with Crippen molar-refractivity contribution in [3.63, 3.8) is 0 Å². The summed E-state index contributed by atoms with van der Waals surface area (Å²) in [5.74, 6) is 6.08. The van der Waals surface area contributed by atoms with Crippen molar-refractivity contribution in [2.24, 2.45) is 0 Å². The summed E-state index contributed by atoms with van der Waals surface area (Å²) in [4.78, 5) is 0. The number of halogens is 2. The molecule has 0 radical (unpaired) electrons. The van der Waals surface area contributed by atoms with Crippen LogP contribution in [0.1, 0.15) is 44.7 Å². The van der Waals surface area contributed by atoms with Crippen LogP contribution in [0, 0.1) is 15.4 Å². The molecule has 0 spiro atoms. The second kappa shape index (κ2) is 8.79. The SMILES string of the molecule is CC#CCCC(NCCC)c1cc(Cl)ccc1I. The lowest BCUT2D eigenvalue weighted by Crippen LogP contribution is -2.22. The summed E-state index contributed by atoms with van der Waals surface area (Å²) < 4.78 is 1.26. The van der Waals surface area contributed by atoms with E-state index in [1.54, 1.807) is 0 Å². The van der Waals surface area contributed by atoms with Gasteiger partial charge < -0.3 is 5.32 Å². The molecule has 0 aliphatic heterocycles. The van der Waals surface area contributed by atoms with Crippen LogP contribution in [-0.4, -0.2) is 6.54 Å². The average Bonchev–Trinajstić information content (AvgIpc) is 2.37. The van der Waals surface area contributed by atoms with Gasteiger partial charge in [-0.1, -0.05) is 18.5 Å². The molecular weight excluding hydrogens is 357 g/mol. The monoisotopic (exact) mass is 375 g/mol. The molecule has 0 fully saturated rings. The Hall–Kier alpha value is -0.240. The molecule has 1 atom stereocenters. The molecule has 0 saturated heterocycles. The van der Waals surface area contributed by atoms with Crippen molar-refractivity contribution >= 4 is 34.2 Å². The van der Waals surface area contributed by atoms with Gasteiger partial charge in [-0.25, -0.2) is 0 Å². The molecule has 0 aliphatic rings. The first-order valence-electron chi connectivity index (χ1n) is 6.27. The predicted octanol–water partition coefficient (Wildman–Crippen LogP) is 4.79. The summed E-state index contributed by atoms with van der Waals surface area (Å²) in [6, 6.07) is 6.42. The Labute approximate surface area is 129 Å². The van der Waals surface area contributed by atoms with Crippen molar-refractivity contribution in [1.29, 1.82) is 0 Å². The molecule has 0 heterocycles. The van der Waals surface area contributed by atoms with Crippen LogP contribution in [-0.2, 0) is 0 Å². The molecule has 0 bridgehead atoms. The van der Waals surface area contributed by atoms with E-state index in [4.69, 9.17) is 11.6 Å². The van der Waals surface area contributed by atoms with Crippen LogP contribution in [0.3, 0.4) is 0 Å². The fourth-order valence-corrected chi connectivity index (χ4v) is 2.70. The quantitative estimate of drug-likeness (QED) is 0.557. The molecule has 0 aromatic heterocycles. The Kier molecular flexibility index (Phi) is 7.73. The highest BCUT2D eigenvalue weighted by atomic mass is 127. The van der Waals surface area contributed by atoms with Gasteiger partial charge in [0.25, 0.3) is 0 Å². The molecule has 0 amide bonds. The smallest absolute Gasteiger partial charge is 0.0410 e. The normalized spacial score (nSPS) is 11.8. The molecule has 1 nitrogen and oxygen atoms in total. The third-order valence-electron chi connectivity index (χ3n) is 2.71. The van der Waals surface area contributed by atoms with Gasteiger partial charge in [-0.05, 0) is 72.7 Å². The maximum absolute atomic E-state index is 6.10. The molecule has 18 heavy (non-hydrogen) atoms. The first-order chi connectivity index (χ1) is 8.69. The minimum absolute atomic E-state index is 0.344. The van der Waals surface area contributed by atoms with Gasteiger partial charge in [-0.15, -0.1) is 11.8 Å². The third-order valence-corrected chi connectivity index (χ3v) is 3.93. The first kappa shape index (κ1) is 15.8. The van der Waals surface area contributed by atoms with Gasteiger partial charge >= 0.3 is 0 Å². The van der Waals surface area contributed by atoms with Crippen molar-refractivity contribution in [2.75, 3.05) is 6.54 Å². The molecule has 3 heteroatoms. The molecule has 1 N–H and O–H groups in total. The summed E-state index contributed by atoms with van der Waals surface area (Å²) in [6.07, 6.45) is 3.07. The lowest BCUT2D eigenvalue weighted by atomic mass is 10.0. The fourth-order valence-electron chi connectivity index (χ4n) is 1.81. The van der Waals surface area contributed by atoms with E-state index in [0.29, 0.717) is 6.04 Å². The van der Waals surface area contributed by atoms with Crippen molar-refractivity contribution in [1.82, 2.24) is 5.32 Å². The molecule has 0 saturated carbocycles. The van der Waals surface area contributed by atoms with E-state index in [-0.39, 0.29) is 0 Å². The topological polar surface area (TPSA) is 12.0 Å². The Morgan fingerprint density at radius 3 is 2.89 bits per heavy atom. The van der Waals surface area contributed by atoms with Crippen LogP contribution in [0.15, 0.2) is 18.2 Å². The van der Waals surface area contributed by atoms with Gasteiger partial charge in [0.1, 0.15) is 0 Å². The van der Waals surface area contributed by atoms with E-state index in [1.165, 1.54) is 9.13 Å². The van der Waals surface area contributed by atoms with Crippen molar-refractivity contribution < 1.29 is 0 Å². The summed E-state index contributed by atoms with van der Waals surface area (Å²) in [6.45, 7) is 5.09. The second-order valence-corrected chi connectivity index (χ2v) is 5.74. The maximum Gasteiger partial charge on any atom is 0.0410 e. The zero-order valence-electron chi connectivity index (χ0n) is 10.9. The van der Waals surface area contributed by atoms with Crippen molar-refractivity contribution in [2.45, 2.75) is 39.2 Å². The Morgan fingerprint density at radius 1 is 1.44 bits per heavy atom. The minimum Gasteiger partial charge on any atom is -0.310 e. The minimum atomic E-state index is 0.344. The largest absolute Gasteiger partial charge is 0.310 e. The number of hydrogen-bond donors (Lipinski definition) is 1. The first-order valence-corrected chi connectivity index (χ1v) is 7.72. The van der Waals surface area contributed by atoms with Crippen LogP contribution in [0.2, 0.25) is 5.02 Å². The Bertz CT molecular complexity index is 434. The Balaban J connectivity index is 2.84. The van der Waals surface area contributed by atoms with Gasteiger partial charge in [0.2, 0.25) is 0 Å². The summed E-state index contributed by atoms with van der Waals surface area (Å²) in [5.41, 5.74) is 1.29. The lowest BCUT2D eigenvalue weighted by Gasteiger charge is -2.19. The van der Waals surface area contributed by atoms with E-state index >= 15 is 0 Å². The van der Waals surface area contributed by atoms with Crippen molar-refractivity contribution in [3.05, 3.63) is 32.4 Å². The summed E-state index contributed by atoms with van der Waals surface area (Å²) in [7, 11) is 0. The lowest BCUT2D eigenvalue weighted by molar-refractivity contribution is 0.504. The standard InChI is InChI=1S/C15H19ClIN/c1-3-5-6-7-15(18-10-4-2)13-11-12(16)8-9-14(13)17/h8-9,11,15,18H,4,6-7,10H2,1-2H3. The highest BCUT2D eigenvalue weighted by Crippen LogP contribution is 2.26. The molecule has 1 unspecified atom stereocenters. The molecule has 1 aromatic carbocycles. The van der Waals surface area contributed by atoms with Gasteiger partial charge in [0.15, 0.2) is 0 Å². The maximum atomic E-state index is 6.10. The van der Waals surface area contributed by atoms with E-state index in [1.807, 2.05) is 13.0 Å². The highest BCUT2D eigenvalue weighted by Gasteiger charge is 2.13. The molecule has 1 aromatic rings. The van der Waals surface area contributed by atoms with Crippen LogP contribution in [0.25, 0.3) is 0 Å². The zero-order chi connectivity index (χ0) is 13.4. The average molecular weight is 376 g/mol. The Morgan fingerprint density at radius 2 is 2.22 bits per heavy atom. The molecular formula is C15H19ClIN. The number of nitrogens with one attached hydrogen (secondary N) is 1. The third kappa shape index (κ3) is 5.17. The van der Waals surface area contributed by atoms with Crippen LogP contribution < -0.4 is 5.32 Å². The van der Waals surface area contributed by atoms with Crippen LogP contribution in [0.5, 0.6) is 0 Å². The number of rotatable bonds is 6. The highest BCUT2D eigenvalue weighted by molar-refractivity contribution is 14.1. The van der Waals surface area contributed by atoms with E-state index < -0.39 is 0 Å². The second-order valence-electron chi connectivity index (χ2n) is 4.14. The van der Waals surface area contributed by atoms with Gasteiger partial charge in [-0.3, -0.25) is 0 Å².